The number of carbonyl (C=O) groups excluding carboxylic acids is 2. The molecule has 7 heteroatoms. The average molecular weight is 351 g/mol. The molecule has 1 aromatic heterocycles. The van der Waals surface area contributed by atoms with Gasteiger partial charge in [0.1, 0.15) is 6.26 Å². The largest absolute Gasteiger partial charge is 0.472 e. The van der Waals surface area contributed by atoms with Crippen molar-refractivity contribution in [2.45, 2.75) is 12.8 Å². The van der Waals surface area contributed by atoms with Crippen molar-refractivity contribution in [2.24, 2.45) is 5.92 Å². The average Bonchev–Trinajstić information content (AvgIpc) is 3.13. The summed E-state index contributed by atoms with van der Waals surface area (Å²) in [5.74, 6) is -1.54. The summed E-state index contributed by atoms with van der Waals surface area (Å²) in [5.41, 5.74) is 0.503. The van der Waals surface area contributed by atoms with Gasteiger partial charge >= 0.3 is 0 Å². The number of hydrogen-bond acceptors (Lipinski definition) is 3. The van der Waals surface area contributed by atoms with Crippen LogP contribution >= 0.6 is 11.6 Å². The number of halogens is 2. The Hall–Kier alpha value is -2.34. The summed E-state index contributed by atoms with van der Waals surface area (Å²) < 4.78 is 18.8. The third-order valence-electron chi connectivity index (χ3n) is 4.06. The van der Waals surface area contributed by atoms with Crippen LogP contribution in [-0.4, -0.2) is 29.8 Å². The Bertz CT molecular complexity index is 748. The van der Waals surface area contributed by atoms with Crippen molar-refractivity contribution in [1.82, 2.24) is 4.90 Å². The van der Waals surface area contributed by atoms with Gasteiger partial charge in [-0.2, -0.15) is 0 Å². The van der Waals surface area contributed by atoms with Gasteiger partial charge in [-0.15, -0.1) is 0 Å². The summed E-state index contributed by atoms with van der Waals surface area (Å²) in [7, 11) is 0. The molecule has 0 saturated carbocycles. The maximum atomic E-state index is 13.9. The molecule has 2 heterocycles. The van der Waals surface area contributed by atoms with Crippen molar-refractivity contribution in [3.05, 3.63) is 53.2 Å². The molecule has 1 fully saturated rings. The number of likely N-dealkylation sites (tertiary alicyclic amines) is 1. The highest BCUT2D eigenvalue weighted by Gasteiger charge is 2.29. The lowest BCUT2D eigenvalue weighted by Crippen LogP contribution is -2.43. The first-order valence-electron chi connectivity index (χ1n) is 7.62. The maximum absolute atomic E-state index is 13.9. The van der Waals surface area contributed by atoms with E-state index >= 15 is 0 Å². The topological polar surface area (TPSA) is 62.6 Å². The Morgan fingerprint density at radius 1 is 1.33 bits per heavy atom. The quantitative estimate of drug-likeness (QED) is 0.920. The van der Waals surface area contributed by atoms with Gasteiger partial charge in [0.25, 0.3) is 5.91 Å². The number of rotatable bonds is 3. The van der Waals surface area contributed by atoms with Crippen LogP contribution in [-0.2, 0) is 4.79 Å². The molecule has 0 aliphatic carbocycles. The minimum Gasteiger partial charge on any atom is -0.472 e. The zero-order valence-electron chi connectivity index (χ0n) is 12.8. The van der Waals surface area contributed by atoms with Gasteiger partial charge in [-0.05, 0) is 31.0 Å². The van der Waals surface area contributed by atoms with E-state index in [1.54, 1.807) is 17.0 Å². The van der Waals surface area contributed by atoms with Crippen LogP contribution in [0.5, 0.6) is 0 Å². The third kappa shape index (κ3) is 3.43. The Balaban J connectivity index is 1.67. The summed E-state index contributed by atoms with van der Waals surface area (Å²) in [6.45, 7) is 0.872. The van der Waals surface area contributed by atoms with Crippen molar-refractivity contribution in [3.63, 3.8) is 0 Å². The van der Waals surface area contributed by atoms with E-state index in [2.05, 4.69) is 5.32 Å². The van der Waals surface area contributed by atoms with E-state index in [0.717, 1.165) is 0 Å². The van der Waals surface area contributed by atoms with Gasteiger partial charge in [0.2, 0.25) is 5.91 Å². The van der Waals surface area contributed by atoms with E-state index in [-0.39, 0.29) is 29.1 Å². The first-order valence-corrected chi connectivity index (χ1v) is 8.00. The number of piperidine rings is 1. The van der Waals surface area contributed by atoms with Crippen LogP contribution in [0.15, 0.2) is 41.2 Å². The van der Waals surface area contributed by atoms with Crippen molar-refractivity contribution in [1.29, 1.82) is 0 Å². The minimum atomic E-state index is -0.658. The summed E-state index contributed by atoms with van der Waals surface area (Å²) in [6, 6.07) is 6.03. The molecular weight excluding hydrogens is 335 g/mol. The van der Waals surface area contributed by atoms with Crippen LogP contribution in [0.3, 0.4) is 0 Å². The number of benzene rings is 1. The second-order valence-electron chi connectivity index (χ2n) is 5.69. The minimum absolute atomic E-state index is 0.0470. The molecule has 1 aliphatic heterocycles. The zero-order valence-corrected chi connectivity index (χ0v) is 13.6. The van der Waals surface area contributed by atoms with E-state index in [9.17, 15) is 14.0 Å². The fourth-order valence-corrected chi connectivity index (χ4v) is 2.95. The number of furan rings is 1. The molecule has 0 unspecified atom stereocenters. The molecule has 1 N–H and O–H groups in total. The Morgan fingerprint density at radius 2 is 2.17 bits per heavy atom. The highest BCUT2D eigenvalue weighted by Crippen LogP contribution is 2.24. The number of nitrogens with one attached hydrogen (secondary N) is 1. The van der Waals surface area contributed by atoms with Crippen LogP contribution < -0.4 is 5.32 Å². The standard InChI is InChI=1S/C17H16ClFN2O3/c18-13-4-1-5-14(15(13)19)20-16(22)11-3-2-7-21(9-11)17(23)12-6-8-24-10-12/h1,4-6,8,10-11H,2-3,7,9H2,(H,20,22)/t11-/m0/s1. The van der Waals surface area contributed by atoms with Crippen LogP contribution in [0.4, 0.5) is 10.1 Å². The lowest BCUT2D eigenvalue weighted by Gasteiger charge is -2.31. The normalized spacial score (nSPS) is 17.6. The summed E-state index contributed by atoms with van der Waals surface area (Å²) in [6.07, 6.45) is 4.17. The maximum Gasteiger partial charge on any atom is 0.257 e. The molecule has 0 bridgehead atoms. The predicted molar refractivity (Wildman–Crippen MR) is 87.4 cm³/mol. The molecule has 5 nitrogen and oxygen atoms in total. The second-order valence-corrected chi connectivity index (χ2v) is 6.10. The Labute approximate surface area is 143 Å². The van der Waals surface area contributed by atoms with Gasteiger partial charge in [0, 0.05) is 13.1 Å². The molecule has 1 atom stereocenters. The number of amides is 2. The van der Waals surface area contributed by atoms with Gasteiger partial charge in [-0.3, -0.25) is 9.59 Å². The van der Waals surface area contributed by atoms with Gasteiger partial charge in [-0.1, -0.05) is 17.7 Å². The van der Waals surface area contributed by atoms with E-state index in [1.807, 2.05) is 0 Å². The number of hydrogen-bond donors (Lipinski definition) is 1. The molecule has 1 saturated heterocycles. The summed E-state index contributed by atoms with van der Waals surface area (Å²) >= 11 is 5.72. The highest BCUT2D eigenvalue weighted by atomic mass is 35.5. The second kappa shape index (κ2) is 7.05. The van der Waals surface area contributed by atoms with Gasteiger partial charge < -0.3 is 14.6 Å². The fraction of sp³-hybridized carbons (Fsp3) is 0.294. The molecule has 0 spiro atoms. The van der Waals surface area contributed by atoms with E-state index in [4.69, 9.17) is 16.0 Å². The molecule has 2 aromatic rings. The molecule has 126 valence electrons. The highest BCUT2D eigenvalue weighted by molar-refractivity contribution is 6.31. The number of anilines is 1. The van der Waals surface area contributed by atoms with Crippen LogP contribution in [0, 0.1) is 11.7 Å². The molecule has 0 radical (unpaired) electrons. The molecular formula is C17H16ClFN2O3. The lowest BCUT2D eigenvalue weighted by atomic mass is 9.96. The first-order chi connectivity index (χ1) is 11.6. The van der Waals surface area contributed by atoms with Crippen LogP contribution in [0.1, 0.15) is 23.2 Å². The monoisotopic (exact) mass is 350 g/mol. The predicted octanol–water partition coefficient (Wildman–Crippen LogP) is 3.56. The van der Waals surface area contributed by atoms with Crippen molar-refractivity contribution >= 4 is 29.1 Å². The molecule has 3 rings (SSSR count). The van der Waals surface area contributed by atoms with E-state index in [1.165, 1.54) is 24.7 Å². The van der Waals surface area contributed by atoms with Gasteiger partial charge in [0.05, 0.1) is 28.5 Å². The summed E-state index contributed by atoms with van der Waals surface area (Å²) in [4.78, 5) is 26.4. The van der Waals surface area contributed by atoms with Gasteiger partial charge in [-0.25, -0.2) is 4.39 Å². The van der Waals surface area contributed by atoms with Crippen molar-refractivity contribution in [3.8, 4) is 0 Å². The van der Waals surface area contributed by atoms with Crippen LogP contribution in [0.25, 0.3) is 0 Å². The Morgan fingerprint density at radius 3 is 2.92 bits per heavy atom. The SMILES string of the molecule is O=C(Nc1cccc(Cl)c1F)[C@H]1CCCN(C(=O)c2ccoc2)C1. The number of carbonyl (C=O) groups is 2. The zero-order chi connectivity index (χ0) is 17.1. The molecule has 24 heavy (non-hydrogen) atoms. The third-order valence-corrected chi connectivity index (χ3v) is 4.35. The Kier molecular flexibility index (Phi) is 4.85. The fourth-order valence-electron chi connectivity index (χ4n) is 2.78. The first kappa shape index (κ1) is 16.5. The van der Waals surface area contributed by atoms with Crippen molar-refractivity contribution < 1.29 is 18.4 Å². The summed E-state index contributed by atoms with van der Waals surface area (Å²) in [5, 5.41) is 2.51. The molecule has 2 amide bonds. The lowest BCUT2D eigenvalue weighted by molar-refractivity contribution is -0.121. The molecule has 1 aliphatic rings. The van der Waals surface area contributed by atoms with E-state index < -0.39 is 11.7 Å². The van der Waals surface area contributed by atoms with Gasteiger partial charge in [0.15, 0.2) is 5.82 Å². The number of nitrogens with zero attached hydrogens (tertiary/aromatic N) is 1. The smallest absolute Gasteiger partial charge is 0.257 e. The van der Waals surface area contributed by atoms with E-state index in [0.29, 0.717) is 24.9 Å². The molecule has 1 aromatic carbocycles. The van der Waals surface area contributed by atoms with Crippen molar-refractivity contribution in [2.75, 3.05) is 18.4 Å². The van der Waals surface area contributed by atoms with Crippen LogP contribution in [0.2, 0.25) is 5.02 Å².